The van der Waals surface area contributed by atoms with Gasteiger partial charge in [-0.25, -0.2) is 16.8 Å². The summed E-state index contributed by atoms with van der Waals surface area (Å²) in [5.74, 6) is 0. The molecule has 0 amide bonds. The Kier molecular flexibility index (Phi) is 4.85. The van der Waals surface area contributed by atoms with E-state index >= 15 is 0 Å². The maximum absolute atomic E-state index is 13.3. The minimum atomic E-state index is -3.97. The first-order valence-electron chi connectivity index (χ1n) is 9.19. The Bertz CT molecular complexity index is 1150. The predicted molar refractivity (Wildman–Crippen MR) is 112 cm³/mol. The van der Waals surface area contributed by atoms with Gasteiger partial charge in [0.1, 0.15) is 0 Å². The molecule has 0 radical (unpaired) electrons. The average molecular weight is 428 g/mol. The first kappa shape index (κ1) is 19.8. The van der Waals surface area contributed by atoms with Gasteiger partial charge in [-0.3, -0.25) is 0 Å². The lowest BCUT2D eigenvalue weighted by Crippen LogP contribution is -2.20. The second-order valence-corrected chi connectivity index (χ2v) is 11.1. The molecule has 1 fully saturated rings. The van der Waals surface area contributed by atoms with Crippen LogP contribution in [0, 0.1) is 13.8 Å². The summed E-state index contributed by atoms with van der Waals surface area (Å²) < 4.78 is 54.3. The number of nitrogens with zero attached hydrogens (tertiary/aromatic N) is 1. The summed E-state index contributed by atoms with van der Waals surface area (Å²) >= 11 is 0. The van der Waals surface area contributed by atoms with E-state index in [1.807, 2.05) is 19.9 Å². The highest BCUT2D eigenvalue weighted by Crippen LogP contribution is 2.51. The third-order valence-corrected chi connectivity index (χ3v) is 9.17. The van der Waals surface area contributed by atoms with Crippen molar-refractivity contribution in [3.05, 3.63) is 95.6 Å². The van der Waals surface area contributed by atoms with Gasteiger partial charge in [0, 0.05) is 0 Å². The maximum Gasteiger partial charge on any atom is 0.244 e. The maximum atomic E-state index is 13.3. The highest BCUT2D eigenvalue weighted by atomic mass is 32.2. The molecule has 1 aliphatic heterocycles. The molecule has 0 N–H and O–H groups in total. The molecule has 0 aliphatic carbocycles. The molecular formula is C22H21NO4S2. The monoisotopic (exact) mass is 427 g/mol. The number of hydrogen-bond acceptors (Lipinski definition) is 4. The van der Waals surface area contributed by atoms with Crippen LogP contribution in [-0.2, 0) is 19.9 Å². The Morgan fingerprint density at radius 3 is 1.66 bits per heavy atom. The molecule has 5 nitrogen and oxygen atoms in total. The molecule has 0 spiro atoms. The highest BCUT2D eigenvalue weighted by molar-refractivity contribution is 7.95. The topological polar surface area (TPSA) is 71.3 Å². The largest absolute Gasteiger partial charge is 0.244 e. The zero-order chi connectivity index (χ0) is 20.8. The van der Waals surface area contributed by atoms with Gasteiger partial charge >= 0.3 is 0 Å². The van der Waals surface area contributed by atoms with Crippen molar-refractivity contribution >= 4 is 19.9 Å². The molecule has 4 rings (SSSR count). The number of sulfone groups is 1. The minimum absolute atomic E-state index is 0.0886. The molecule has 0 bridgehead atoms. The van der Waals surface area contributed by atoms with E-state index in [1.54, 1.807) is 48.5 Å². The van der Waals surface area contributed by atoms with Crippen LogP contribution in [0.25, 0.3) is 0 Å². The first-order chi connectivity index (χ1) is 13.7. The van der Waals surface area contributed by atoms with Crippen LogP contribution >= 0.6 is 0 Å². The lowest BCUT2D eigenvalue weighted by molar-refractivity contribution is 0.546. The zero-order valence-corrected chi connectivity index (χ0v) is 17.7. The van der Waals surface area contributed by atoms with Gasteiger partial charge in [0.05, 0.1) is 15.8 Å². The van der Waals surface area contributed by atoms with Crippen LogP contribution in [0.3, 0.4) is 0 Å². The fraction of sp³-hybridized carbons (Fsp3) is 0.182. The number of aryl methyl sites for hydroxylation is 2. The van der Waals surface area contributed by atoms with E-state index in [-0.39, 0.29) is 9.79 Å². The molecule has 0 saturated carbocycles. The fourth-order valence-corrected chi connectivity index (χ4v) is 7.55. The van der Waals surface area contributed by atoms with E-state index in [4.69, 9.17) is 0 Å². The van der Waals surface area contributed by atoms with Crippen molar-refractivity contribution in [1.29, 1.82) is 0 Å². The Balaban J connectivity index is 1.80. The first-order valence-corrected chi connectivity index (χ1v) is 12.2. The average Bonchev–Trinajstić information content (AvgIpc) is 3.47. The van der Waals surface area contributed by atoms with Gasteiger partial charge in [0.15, 0.2) is 15.2 Å². The second-order valence-electron chi connectivity index (χ2n) is 7.25. The normalized spacial score (nSPS) is 21.7. The van der Waals surface area contributed by atoms with Crippen molar-refractivity contribution in [2.24, 2.45) is 0 Å². The molecule has 1 aliphatic rings. The summed E-state index contributed by atoms with van der Waals surface area (Å²) in [5, 5.41) is -1.17. The molecule has 150 valence electrons. The number of sulfonamides is 1. The van der Waals surface area contributed by atoms with Crippen molar-refractivity contribution in [3.63, 3.8) is 0 Å². The van der Waals surface area contributed by atoms with Crippen molar-refractivity contribution in [2.45, 2.75) is 35.1 Å². The van der Waals surface area contributed by atoms with E-state index in [0.29, 0.717) is 5.56 Å². The molecule has 3 aromatic rings. The lowest BCUT2D eigenvalue weighted by Gasteiger charge is -2.08. The van der Waals surface area contributed by atoms with Gasteiger partial charge in [-0.1, -0.05) is 65.7 Å². The van der Waals surface area contributed by atoms with E-state index < -0.39 is 31.3 Å². The SMILES string of the molecule is Cc1ccc(S(=O)(=O)[C@H]2[C@H](c3ccccc3)N2S(=O)(=O)c2ccc(C)cc2)cc1. The van der Waals surface area contributed by atoms with Crippen LogP contribution in [-0.4, -0.2) is 26.5 Å². The van der Waals surface area contributed by atoms with Crippen LogP contribution in [0.1, 0.15) is 22.7 Å². The molecule has 7 heteroatoms. The quantitative estimate of drug-likeness (QED) is 0.580. The summed E-state index contributed by atoms with van der Waals surface area (Å²) in [7, 11) is -7.86. The van der Waals surface area contributed by atoms with E-state index in [0.717, 1.165) is 15.4 Å². The summed E-state index contributed by atoms with van der Waals surface area (Å²) in [6.45, 7) is 3.74. The number of benzene rings is 3. The summed E-state index contributed by atoms with van der Waals surface area (Å²) in [6, 6.07) is 21.1. The molecule has 1 unspecified atom stereocenters. The smallest absolute Gasteiger partial charge is 0.222 e. The van der Waals surface area contributed by atoms with Crippen LogP contribution in [0.4, 0.5) is 0 Å². The van der Waals surface area contributed by atoms with E-state index in [9.17, 15) is 16.8 Å². The molecular weight excluding hydrogens is 406 g/mol. The number of rotatable bonds is 5. The zero-order valence-electron chi connectivity index (χ0n) is 16.1. The van der Waals surface area contributed by atoms with Gasteiger partial charge in [0.25, 0.3) is 0 Å². The van der Waals surface area contributed by atoms with Gasteiger partial charge in [-0.15, -0.1) is 0 Å². The molecule has 1 saturated heterocycles. The van der Waals surface area contributed by atoms with Crippen molar-refractivity contribution < 1.29 is 16.8 Å². The van der Waals surface area contributed by atoms with Crippen LogP contribution in [0.2, 0.25) is 0 Å². The Labute approximate surface area is 171 Å². The Hall–Kier alpha value is -2.48. The van der Waals surface area contributed by atoms with Crippen LogP contribution < -0.4 is 0 Å². The van der Waals surface area contributed by atoms with Crippen LogP contribution in [0.5, 0.6) is 0 Å². The van der Waals surface area contributed by atoms with Gasteiger partial charge < -0.3 is 0 Å². The van der Waals surface area contributed by atoms with Crippen LogP contribution in [0.15, 0.2) is 88.7 Å². The summed E-state index contributed by atoms with van der Waals surface area (Å²) in [6.07, 6.45) is 0. The van der Waals surface area contributed by atoms with Crippen molar-refractivity contribution in [1.82, 2.24) is 4.31 Å². The van der Waals surface area contributed by atoms with E-state index in [1.165, 1.54) is 24.3 Å². The summed E-state index contributed by atoms with van der Waals surface area (Å²) in [4.78, 5) is 0.210. The second kappa shape index (κ2) is 7.09. The third-order valence-electron chi connectivity index (χ3n) is 5.11. The lowest BCUT2D eigenvalue weighted by atomic mass is 10.2. The highest BCUT2D eigenvalue weighted by Gasteiger charge is 2.63. The third kappa shape index (κ3) is 3.50. The molecule has 1 heterocycles. The van der Waals surface area contributed by atoms with Crippen molar-refractivity contribution in [3.8, 4) is 0 Å². The van der Waals surface area contributed by atoms with Crippen molar-refractivity contribution in [2.75, 3.05) is 0 Å². The Morgan fingerprint density at radius 2 is 1.14 bits per heavy atom. The standard InChI is InChI=1S/C22H21NO4S2/c1-16-8-12-19(13-9-16)28(24,25)22-21(18-6-4-3-5-7-18)23(22)29(26,27)20-14-10-17(2)11-15-20/h3-15,21-22H,1-2H3/t21-,22-,23?/m0/s1. The summed E-state index contributed by atoms with van der Waals surface area (Å²) in [5.41, 5.74) is 2.52. The predicted octanol–water partition coefficient (Wildman–Crippen LogP) is 3.85. The molecule has 0 aromatic heterocycles. The van der Waals surface area contributed by atoms with Gasteiger partial charge in [-0.05, 0) is 43.7 Å². The Morgan fingerprint density at radius 1 is 0.655 bits per heavy atom. The molecule has 29 heavy (non-hydrogen) atoms. The van der Waals surface area contributed by atoms with E-state index in [2.05, 4.69) is 0 Å². The number of hydrogen-bond donors (Lipinski definition) is 0. The van der Waals surface area contributed by atoms with Gasteiger partial charge in [0.2, 0.25) is 10.0 Å². The minimum Gasteiger partial charge on any atom is -0.222 e. The molecule has 3 atom stereocenters. The van der Waals surface area contributed by atoms with Gasteiger partial charge in [-0.2, -0.15) is 4.31 Å². The fourth-order valence-electron chi connectivity index (χ4n) is 3.44. The molecule has 3 aromatic carbocycles.